The molecule has 39 heavy (non-hydrogen) atoms. The molecule has 0 bridgehead atoms. The molecule has 0 unspecified atom stereocenters. The number of piperidine rings is 1. The van der Waals surface area contributed by atoms with Crippen LogP contribution in [0.15, 0.2) is 65.8 Å². The maximum atomic E-state index is 13.7. The first-order chi connectivity index (χ1) is 18.9. The Kier molecular flexibility index (Phi) is 8.37. The van der Waals surface area contributed by atoms with Crippen LogP contribution in [-0.2, 0) is 20.6 Å². The van der Waals surface area contributed by atoms with Crippen LogP contribution in [0.5, 0.6) is 11.5 Å². The molecule has 2 heterocycles. The van der Waals surface area contributed by atoms with Gasteiger partial charge in [-0.15, -0.1) is 0 Å². The highest BCUT2D eigenvalue weighted by Crippen LogP contribution is 2.38. The SMILES string of the molecule is CCOc1ccc(C2=NN(C3CCN(S(=O)(=O)Cc4ccccc4)CC3)C(=O)[C@@H]3CC=CC[C@H]23)cc1OCC. The zero-order valence-corrected chi connectivity index (χ0v) is 23.5. The molecule has 2 aromatic carbocycles. The third-order valence-electron chi connectivity index (χ3n) is 7.74. The van der Waals surface area contributed by atoms with Gasteiger partial charge in [-0.25, -0.2) is 17.7 Å². The topological polar surface area (TPSA) is 88.5 Å². The number of sulfonamides is 1. The van der Waals surface area contributed by atoms with Crippen molar-refractivity contribution >= 4 is 21.6 Å². The van der Waals surface area contributed by atoms with E-state index in [-0.39, 0.29) is 29.5 Å². The van der Waals surface area contributed by atoms with Crippen molar-refractivity contribution in [3.63, 3.8) is 0 Å². The maximum absolute atomic E-state index is 13.7. The van der Waals surface area contributed by atoms with Crippen LogP contribution >= 0.6 is 0 Å². The smallest absolute Gasteiger partial charge is 0.247 e. The summed E-state index contributed by atoms with van der Waals surface area (Å²) in [6.45, 7) is 5.68. The fraction of sp³-hybridized carbons (Fsp3) is 0.467. The summed E-state index contributed by atoms with van der Waals surface area (Å²) in [5.41, 5.74) is 2.58. The molecule has 2 aromatic rings. The minimum atomic E-state index is -3.44. The minimum Gasteiger partial charge on any atom is -0.490 e. The van der Waals surface area contributed by atoms with Crippen molar-refractivity contribution in [3.8, 4) is 11.5 Å². The summed E-state index contributed by atoms with van der Waals surface area (Å²) >= 11 is 0. The van der Waals surface area contributed by atoms with Crippen LogP contribution in [0.1, 0.15) is 50.7 Å². The van der Waals surface area contributed by atoms with E-state index in [1.54, 1.807) is 9.31 Å². The first kappa shape index (κ1) is 27.4. The molecular weight excluding hydrogens is 514 g/mol. The van der Waals surface area contributed by atoms with Crippen molar-refractivity contribution in [1.82, 2.24) is 9.31 Å². The molecule has 0 radical (unpaired) electrons. The number of carbonyl (C=O) groups excluding carboxylic acids is 1. The third-order valence-corrected chi connectivity index (χ3v) is 9.59. The fourth-order valence-electron chi connectivity index (χ4n) is 5.78. The molecule has 0 saturated carbocycles. The van der Waals surface area contributed by atoms with Gasteiger partial charge in [0.1, 0.15) is 0 Å². The lowest BCUT2D eigenvalue weighted by Crippen LogP contribution is -2.52. The number of ether oxygens (including phenoxy) is 2. The van der Waals surface area contributed by atoms with Crippen LogP contribution < -0.4 is 9.47 Å². The Balaban J connectivity index is 1.38. The number of fused-ring (bicyclic) bond motifs is 1. The second-order valence-electron chi connectivity index (χ2n) is 10.2. The van der Waals surface area contributed by atoms with E-state index in [1.165, 1.54) is 0 Å². The van der Waals surface area contributed by atoms with Gasteiger partial charge in [0, 0.05) is 24.6 Å². The maximum Gasteiger partial charge on any atom is 0.247 e. The Morgan fingerprint density at radius 2 is 1.56 bits per heavy atom. The molecule has 2 aliphatic heterocycles. The summed E-state index contributed by atoms with van der Waals surface area (Å²) in [4.78, 5) is 13.7. The largest absolute Gasteiger partial charge is 0.490 e. The molecule has 9 heteroatoms. The highest BCUT2D eigenvalue weighted by Gasteiger charge is 2.43. The summed E-state index contributed by atoms with van der Waals surface area (Å²) < 4.78 is 39.3. The number of allylic oxidation sites excluding steroid dienone is 2. The predicted octanol–water partition coefficient (Wildman–Crippen LogP) is 4.61. The molecule has 8 nitrogen and oxygen atoms in total. The lowest BCUT2D eigenvalue weighted by Gasteiger charge is -2.42. The van der Waals surface area contributed by atoms with Gasteiger partial charge in [-0.05, 0) is 63.3 Å². The van der Waals surface area contributed by atoms with Crippen molar-refractivity contribution in [1.29, 1.82) is 0 Å². The van der Waals surface area contributed by atoms with E-state index >= 15 is 0 Å². The second-order valence-corrected chi connectivity index (χ2v) is 12.2. The molecule has 0 N–H and O–H groups in total. The van der Waals surface area contributed by atoms with Crippen LogP contribution in [0.4, 0.5) is 0 Å². The molecule has 1 amide bonds. The molecule has 1 fully saturated rings. The number of carbonyl (C=O) groups is 1. The van der Waals surface area contributed by atoms with Crippen molar-refractivity contribution in [2.45, 2.75) is 51.3 Å². The second kappa shape index (κ2) is 11.9. The number of hydrogen-bond acceptors (Lipinski definition) is 6. The van der Waals surface area contributed by atoms with Crippen LogP contribution in [0.2, 0.25) is 0 Å². The van der Waals surface area contributed by atoms with E-state index in [2.05, 4.69) is 12.2 Å². The summed E-state index contributed by atoms with van der Waals surface area (Å²) in [5, 5.41) is 6.64. The molecular formula is C30H37N3O5S. The molecule has 2 atom stereocenters. The van der Waals surface area contributed by atoms with Gasteiger partial charge in [0.15, 0.2) is 11.5 Å². The minimum absolute atomic E-state index is 0.00231. The van der Waals surface area contributed by atoms with Gasteiger partial charge in [-0.1, -0.05) is 42.5 Å². The highest BCUT2D eigenvalue weighted by molar-refractivity contribution is 7.88. The summed E-state index contributed by atoms with van der Waals surface area (Å²) in [7, 11) is -3.44. The van der Waals surface area contributed by atoms with Gasteiger partial charge in [0.2, 0.25) is 15.9 Å². The Morgan fingerprint density at radius 3 is 2.26 bits per heavy atom. The Hall–Kier alpha value is -3.17. The van der Waals surface area contributed by atoms with Crippen molar-refractivity contribution in [2.75, 3.05) is 26.3 Å². The first-order valence-electron chi connectivity index (χ1n) is 13.9. The molecule has 3 aliphatic rings. The molecule has 0 aromatic heterocycles. The van der Waals surface area contributed by atoms with E-state index in [0.717, 1.165) is 23.3 Å². The molecule has 5 rings (SSSR count). The van der Waals surface area contributed by atoms with Crippen LogP contribution in [-0.4, -0.2) is 61.7 Å². The van der Waals surface area contributed by atoms with Gasteiger partial charge in [0.25, 0.3) is 0 Å². The molecule has 208 valence electrons. The first-order valence-corrected chi connectivity index (χ1v) is 15.5. The quantitative estimate of drug-likeness (QED) is 0.425. The Morgan fingerprint density at radius 1 is 0.897 bits per heavy atom. The number of rotatable bonds is 9. The summed E-state index contributed by atoms with van der Waals surface area (Å²) in [6.07, 6.45) is 6.76. The van der Waals surface area contributed by atoms with Crippen molar-refractivity contribution in [3.05, 3.63) is 71.8 Å². The van der Waals surface area contributed by atoms with Crippen molar-refractivity contribution in [2.24, 2.45) is 16.9 Å². The number of nitrogens with zero attached hydrogens (tertiary/aromatic N) is 3. The Labute approximate surface area is 231 Å². The summed E-state index contributed by atoms with van der Waals surface area (Å²) in [5.74, 6) is 1.20. The monoisotopic (exact) mass is 551 g/mol. The van der Waals surface area contributed by atoms with E-state index in [9.17, 15) is 13.2 Å². The van der Waals surface area contributed by atoms with Gasteiger partial charge in [-0.2, -0.15) is 5.10 Å². The normalized spacial score (nSPS) is 22.4. The standard InChI is InChI=1S/C30H37N3O5S/c1-3-37-27-15-14-23(20-28(27)38-4-2)29-25-12-8-9-13-26(25)30(34)33(31-29)24-16-18-32(19-17-24)39(35,36)21-22-10-6-5-7-11-22/h5-11,14-15,20,24-26H,3-4,12-13,16-19,21H2,1-2H3/t25-,26+/m0/s1. The van der Waals surface area contributed by atoms with Crippen molar-refractivity contribution < 1.29 is 22.7 Å². The van der Waals surface area contributed by atoms with Crippen LogP contribution in [0.25, 0.3) is 0 Å². The van der Waals surface area contributed by atoms with E-state index < -0.39 is 10.0 Å². The van der Waals surface area contributed by atoms with E-state index in [1.807, 2.05) is 62.4 Å². The Bertz CT molecular complexity index is 1330. The zero-order valence-electron chi connectivity index (χ0n) is 22.7. The van der Waals surface area contributed by atoms with Gasteiger partial charge >= 0.3 is 0 Å². The van der Waals surface area contributed by atoms with Gasteiger partial charge in [0.05, 0.1) is 36.6 Å². The lowest BCUT2D eigenvalue weighted by molar-refractivity contribution is -0.141. The number of amides is 1. The number of hydrazone groups is 1. The van der Waals surface area contributed by atoms with Crippen LogP contribution in [0, 0.1) is 11.8 Å². The van der Waals surface area contributed by atoms with Gasteiger partial charge < -0.3 is 9.47 Å². The lowest BCUT2D eigenvalue weighted by atomic mass is 9.76. The van der Waals surface area contributed by atoms with Gasteiger partial charge in [-0.3, -0.25) is 4.79 Å². The molecule has 0 spiro atoms. The van der Waals surface area contributed by atoms with E-state index in [4.69, 9.17) is 14.6 Å². The number of hydrogen-bond donors (Lipinski definition) is 0. The highest BCUT2D eigenvalue weighted by atomic mass is 32.2. The predicted molar refractivity (Wildman–Crippen MR) is 151 cm³/mol. The molecule has 1 saturated heterocycles. The fourth-order valence-corrected chi connectivity index (χ4v) is 7.35. The van der Waals surface area contributed by atoms with E-state index in [0.29, 0.717) is 57.1 Å². The molecule has 1 aliphatic carbocycles. The summed E-state index contributed by atoms with van der Waals surface area (Å²) in [6, 6.07) is 15.0. The average Bonchev–Trinajstić information content (AvgIpc) is 2.95. The van der Waals surface area contributed by atoms with Crippen LogP contribution in [0.3, 0.4) is 0 Å². The average molecular weight is 552 g/mol. The number of benzene rings is 2. The third kappa shape index (κ3) is 5.89. The zero-order chi connectivity index (χ0) is 27.4.